The van der Waals surface area contributed by atoms with Crippen molar-refractivity contribution in [1.29, 1.82) is 0 Å². The van der Waals surface area contributed by atoms with E-state index >= 15 is 0 Å². The molecule has 0 N–H and O–H groups in total. The number of esters is 1. The lowest BCUT2D eigenvalue weighted by molar-refractivity contribution is -0.134. The number of hydrogen-bond donors (Lipinski definition) is 0. The third kappa shape index (κ3) is 3.23. The summed E-state index contributed by atoms with van der Waals surface area (Å²) in [6, 6.07) is 2.97. The third-order valence-corrected chi connectivity index (χ3v) is 2.32. The van der Waals surface area contributed by atoms with Crippen LogP contribution in [-0.2, 0) is 4.79 Å². The van der Waals surface area contributed by atoms with Gasteiger partial charge in [0.2, 0.25) is 0 Å². The number of methoxy groups -OCH3 is 2. The van der Waals surface area contributed by atoms with Crippen molar-refractivity contribution in [1.82, 2.24) is 0 Å². The molecule has 0 atom stereocenters. The van der Waals surface area contributed by atoms with Crippen molar-refractivity contribution in [2.24, 2.45) is 0 Å². The van der Waals surface area contributed by atoms with Gasteiger partial charge in [0, 0.05) is 18.6 Å². The fourth-order valence-electron chi connectivity index (χ4n) is 1.48. The summed E-state index contributed by atoms with van der Waals surface area (Å²) in [5, 5.41) is 0. The van der Waals surface area contributed by atoms with Crippen LogP contribution >= 0.6 is 0 Å². The lowest BCUT2D eigenvalue weighted by Gasteiger charge is -2.11. The predicted octanol–water partition coefficient (Wildman–Crippen LogP) is 2.22. The molecule has 1 aromatic carbocycles. The van der Waals surface area contributed by atoms with Crippen LogP contribution in [0, 0.1) is 0 Å². The summed E-state index contributed by atoms with van der Waals surface area (Å²) < 4.78 is 15.2. The topological polar surface area (TPSA) is 61.8 Å². The number of carbonyl (C=O) groups excluding carboxylic acids is 2. The number of aldehydes is 1. The summed E-state index contributed by atoms with van der Waals surface area (Å²) in [5.41, 5.74) is 0.287. The molecule has 1 rings (SSSR count). The van der Waals surface area contributed by atoms with Gasteiger partial charge in [0.15, 0.2) is 6.29 Å². The average molecular weight is 252 g/mol. The van der Waals surface area contributed by atoms with Gasteiger partial charge in [-0.05, 0) is 6.42 Å². The molecule has 0 saturated carbocycles. The molecule has 0 heterocycles. The van der Waals surface area contributed by atoms with Crippen molar-refractivity contribution < 1.29 is 23.8 Å². The smallest absolute Gasteiger partial charge is 0.311 e. The summed E-state index contributed by atoms with van der Waals surface area (Å²) in [5.74, 6) is 0.584. The number of hydrogen-bond acceptors (Lipinski definition) is 5. The van der Waals surface area contributed by atoms with E-state index in [1.807, 2.05) is 6.92 Å². The van der Waals surface area contributed by atoms with Crippen molar-refractivity contribution >= 4 is 12.3 Å². The normalized spacial score (nSPS) is 9.72. The van der Waals surface area contributed by atoms with E-state index in [1.165, 1.54) is 26.4 Å². The highest BCUT2D eigenvalue weighted by Crippen LogP contribution is 2.32. The molecule has 0 aliphatic rings. The van der Waals surface area contributed by atoms with Crippen LogP contribution in [0.15, 0.2) is 12.1 Å². The second-order valence-electron chi connectivity index (χ2n) is 3.58. The molecule has 5 nitrogen and oxygen atoms in total. The monoisotopic (exact) mass is 252 g/mol. The second-order valence-corrected chi connectivity index (χ2v) is 3.58. The Bertz CT molecular complexity index is 414. The van der Waals surface area contributed by atoms with Gasteiger partial charge in [0.05, 0.1) is 19.8 Å². The Morgan fingerprint density at radius 1 is 1.22 bits per heavy atom. The number of rotatable bonds is 6. The lowest BCUT2D eigenvalue weighted by Crippen LogP contribution is -2.07. The molecule has 98 valence electrons. The second kappa shape index (κ2) is 6.64. The van der Waals surface area contributed by atoms with Gasteiger partial charge in [-0.15, -0.1) is 0 Å². The van der Waals surface area contributed by atoms with E-state index in [0.29, 0.717) is 36.4 Å². The van der Waals surface area contributed by atoms with Gasteiger partial charge in [-0.2, -0.15) is 0 Å². The Labute approximate surface area is 106 Å². The van der Waals surface area contributed by atoms with Gasteiger partial charge in [0.25, 0.3) is 0 Å². The van der Waals surface area contributed by atoms with Crippen molar-refractivity contribution in [3.05, 3.63) is 17.7 Å². The maximum absolute atomic E-state index is 11.4. The standard InChI is InChI=1S/C13H16O5/c1-4-5-13(15)18-9-6-11(16-2)10(8-14)12(7-9)17-3/h6-8H,4-5H2,1-3H3. The zero-order chi connectivity index (χ0) is 13.5. The first kappa shape index (κ1) is 14.0. The summed E-state index contributed by atoms with van der Waals surface area (Å²) in [6.07, 6.45) is 1.68. The summed E-state index contributed by atoms with van der Waals surface area (Å²) in [6.45, 7) is 1.89. The molecule has 5 heteroatoms. The molecule has 18 heavy (non-hydrogen) atoms. The summed E-state index contributed by atoms with van der Waals surface area (Å²) in [4.78, 5) is 22.3. The largest absolute Gasteiger partial charge is 0.496 e. The van der Waals surface area contributed by atoms with E-state index in [2.05, 4.69) is 0 Å². The number of benzene rings is 1. The first-order valence-corrected chi connectivity index (χ1v) is 5.58. The highest BCUT2D eigenvalue weighted by Gasteiger charge is 2.14. The molecule has 0 aromatic heterocycles. The first-order chi connectivity index (χ1) is 8.65. The molecule has 0 unspecified atom stereocenters. The highest BCUT2D eigenvalue weighted by atomic mass is 16.5. The van der Waals surface area contributed by atoms with E-state index in [9.17, 15) is 9.59 Å². The van der Waals surface area contributed by atoms with Crippen LogP contribution in [0.2, 0.25) is 0 Å². The van der Waals surface area contributed by atoms with E-state index in [1.54, 1.807) is 0 Å². The van der Waals surface area contributed by atoms with Crippen LogP contribution in [0.5, 0.6) is 17.2 Å². The van der Waals surface area contributed by atoms with E-state index in [4.69, 9.17) is 14.2 Å². The minimum Gasteiger partial charge on any atom is -0.496 e. The average Bonchev–Trinajstić information content (AvgIpc) is 2.37. The Morgan fingerprint density at radius 2 is 1.78 bits per heavy atom. The van der Waals surface area contributed by atoms with Crippen LogP contribution < -0.4 is 14.2 Å². The molecule has 0 aliphatic carbocycles. The predicted molar refractivity (Wildman–Crippen MR) is 65.5 cm³/mol. The maximum Gasteiger partial charge on any atom is 0.311 e. The van der Waals surface area contributed by atoms with Crippen LogP contribution in [0.3, 0.4) is 0 Å². The van der Waals surface area contributed by atoms with Crippen molar-refractivity contribution in [3.63, 3.8) is 0 Å². The minimum absolute atomic E-state index is 0.287. The van der Waals surface area contributed by atoms with Crippen LogP contribution in [0.25, 0.3) is 0 Å². The Kier molecular flexibility index (Phi) is 5.17. The van der Waals surface area contributed by atoms with Crippen LogP contribution in [0.1, 0.15) is 30.1 Å². The minimum atomic E-state index is -0.333. The van der Waals surface area contributed by atoms with Crippen molar-refractivity contribution in [2.45, 2.75) is 19.8 Å². The molecular formula is C13H16O5. The Morgan fingerprint density at radius 3 is 2.17 bits per heavy atom. The SMILES string of the molecule is CCCC(=O)Oc1cc(OC)c(C=O)c(OC)c1. The molecule has 0 aliphatic heterocycles. The van der Waals surface area contributed by atoms with Gasteiger partial charge in [-0.3, -0.25) is 9.59 Å². The van der Waals surface area contributed by atoms with Crippen molar-refractivity contribution in [2.75, 3.05) is 14.2 Å². The van der Waals surface area contributed by atoms with E-state index < -0.39 is 0 Å². The Hall–Kier alpha value is -2.04. The van der Waals surface area contributed by atoms with Gasteiger partial charge >= 0.3 is 5.97 Å². The highest BCUT2D eigenvalue weighted by molar-refractivity contribution is 5.85. The lowest BCUT2D eigenvalue weighted by atomic mass is 10.2. The van der Waals surface area contributed by atoms with Gasteiger partial charge in [0.1, 0.15) is 17.2 Å². The number of carbonyl (C=O) groups is 2. The fraction of sp³-hybridized carbons (Fsp3) is 0.385. The molecule has 0 radical (unpaired) electrons. The van der Waals surface area contributed by atoms with Gasteiger partial charge < -0.3 is 14.2 Å². The molecule has 0 amide bonds. The third-order valence-electron chi connectivity index (χ3n) is 2.32. The maximum atomic E-state index is 11.4. The molecule has 0 spiro atoms. The van der Waals surface area contributed by atoms with E-state index in [-0.39, 0.29) is 11.5 Å². The van der Waals surface area contributed by atoms with Crippen LogP contribution in [-0.4, -0.2) is 26.5 Å². The van der Waals surface area contributed by atoms with E-state index in [0.717, 1.165) is 0 Å². The quantitative estimate of drug-likeness (QED) is 0.441. The molecular weight excluding hydrogens is 236 g/mol. The molecule has 0 bridgehead atoms. The first-order valence-electron chi connectivity index (χ1n) is 5.58. The molecule has 0 saturated heterocycles. The van der Waals surface area contributed by atoms with Gasteiger partial charge in [-0.25, -0.2) is 0 Å². The van der Waals surface area contributed by atoms with Crippen LogP contribution in [0.4, 0.5) is 0 Å². The zero-order valence-corrected chi connectivity index (χ0v) is 10.7. The molecule has 0 fully saturated rings. The number of ether oxygens (including phenoxy) is 3. The van der Waals surface area contributed by atoms with Gasteiger partial charge in [-0.1, -0.05) is 6.92 Å². The Balaban J connectivity index is 3.07. The summed E-state index contributed by atoms with van der Waals surface area (Å²) >= 11 is 0. The zero-order valence-electron chi connectivity index (χ0n) is 10.7. The fourth-order valence-corrected chi connectivity index (χ4v) is 1.48. The van der Waals surface area contributed by atoms with Crippen molar-refractivity contribution in [3.8, 4) is 17.2 Å². The summed E-state index contributed by atoms with van der Waals surface area (Å²) in [7, 11) is 2.86. The molecule has 1 aromatic rings.